The van der Waals surface area contributed by atoms with Crippen molar-refractivity contribution in [3.8, 4) is 0 Å². The summed E-state index contributed by atoms with van der Waals surface area (Å²) in [5.74, 6) is -2.02. The lowest BCUT2D eigenvalue weighted by Gasteiger charge is -2.07. The summed E-state index contributed by atoms with van der Waals surface area (Å²) < 4.78 is 46.3. The molecule has 0 fully saturated rings. The van der Waals surface area contributed by atoms with Crippen LogP contribution in [0.25, 0.3) is 11.0 Å². The Bertz CT molecular complexity index is 615. The molecule has 4 nitrogen and oxygen atoms in total. The lowest BCUT2D eigenvalue weighted by atomic mass is 10.1. The zero-order chi connectivity index (χ0) is 14.2. The number of halogens is 3. The molecule has 2 aromatic rings. The Morgan fingerprint density at radius 2 is 2.05 bits per heavy atom. The Balaban J connectivity index is 2.43. The topological polar surface area (TPSA) is 59.7 Å². The largest absolute Gasteiger partial charge is 0.467 e. The number of ether oxygens (including phenoxy) is 1. The molecule has 1 N–H and O–H groups in total. The predicted molar refractivity (Wildman–Crippen MR) is 58.2 cm³/mol. The number of aliphatic hydroxyl groups is 1. The molecule has 102 valence electrons. The van der Waals surface area contributed by atoms with Crippen molar-refractivity contribution in [1.29, 1.82) is 0 Å². The third kappa shape index (κ3) is 2.55. The summed E-state index contributed by atoms with van der Waals surface area (Å²) in [6.07, 6.45) is -6.13. The van der Waals surface area contributed by atoms with Crippen LogP contribution < -0.4 is 0 Å². The summed E-state index contributed by atoms with van der Waals surface area (Å²) in [7, 11) is 1.10. The predicted octanol–water partition coefficient (Wildman–Crippen LogP) is 2.66. The van der Waals surface area contributed by atoms with Gasteiger partial charge < -0.3 is 14.3 Å². The highest BCUT2D eigenvalue weighted by molar-refractivity contribution is 5.82. The number of hydrogen-bond acceptors (Lipinski definition) is 4. The van der Waals surface area contributed by atoms with Crippen molar-refractivity contribution in [2.45, 2.75) is 12.3 Å². The summed E-state index contributed by atoms with van der Waals surface area (Å²) >= 11 is 0. The Labute approximate surface area is 105 Å². The van der Waals surface area contributed by atoms with Crippen molar-refractivity contribution in [2.24, 2.45) is 0 Å². The molecule has 0 aliphatic carbocycles. The monoisotopic (exact) mass is 274 g/mol. The van der Waals surface area contributed by atoms with Gasteiger partial charge in [0.2, 0.25) is 5.76 Å². The second-order valence-electron chi connectivity index (χ2n) is 3.83. The molecule has 0 aliphatic rings. The second-order valence-corrected chi connectivity index (χ2v) is 3.83. The van der Waals surface area contributed by atoms with E-state index in [1.54, 1.807) is 0 Å². The van der Waals surface area contributed by atoms with Crippen LogP contribution in [0, 0.1) is 0 Å². The van der Waals surface area contributed by atoms with E-state index in [4.69, 9.17) is 0 Å². The maximum atomic E-state index is 12.5. The smallest absolute Gasteiger partial charge is 0.449 e. The van der Waals surface area contributed by atoms with E-state index in [-0.39, 0.29) is 16.5 Å². The SMILES string of the molecule is COC(=O)C(O)c1ccc2oc(C(F)(F)F)cc2c1. The molecule has 1 aromatic carbocycles. The number of fused-ring (bicyclic) bond motifs is 1. The zero-order valence-corrected chi connectivity index (χ0v) is 9.69. The van der Waals surface area contributed by atoms with Gasteiger partial charge in [0.05, 0.1) is 7.11 Å². The molecule has 0 spiro atoms. The maximum Gasteiger partial charge on any atom is 0.449 e. The molecule has 1 unspecified atom stereocenters. The zero-order valence-electron chi connectivity index (χ0n) is 9.69. The van der Waals surface area contributed by atoms with Crippen LogP contribution in [0.4, 0.5) is 13.2 Å². The van der Waals surface area contributed by atoms with Gasteiger partial charge in [0.25, 0.3) is 0 Å². The minimum atomic E-state index is -4.58. The fraction of sp³-hybridized carbons (Fsp3) is 0.250. The molecule has 0 aliphatic heterocycles. The van der Waals surface area contributed by atoms with E-state index in [9.17, 15) is 23.1 Å². The molecule has 1 heterocycles. The standard InChI is InChI=1S/C12H9F3O4/c1-18-11(17)10(16)6-2-3-8-7(4-6)5-9(19-8)12(13,14)15/h2-5,10,16H,1H3. The molecular weight excluding hydrogens is 265 g/mol. The maximum absolute atomic E-state index is 12.5. The van der Waals surface area contributed by atoms with Gasteiger partial charge in [-0.3, -0.25) is 0 Å². The quantitative estimate of drug-likeness (QED) is 0.855. The summed E-state index contributed by atoms with van der Waals surface area (Å²) in [5, 5.41) is 9.73. The number of furan rings is 1. The number of carbonyl (C=O) groups excluding carboxylic acids is 1. The van der Waals surface area contributed by atoms with E-state index in [0.29, 0.717) is 0 Å². The van der Waals surface area contributed by atoms with Crippen LogP contribution in [0.2, 0.25) is 0 Å². The minimum absolute atomic E-state index is 0.0214. The van der Waals surface area contributed by atoms with Gasteiger partial charge in [-0.25, -0.2) is 4.79 Å². The molecule has 0 saturated carbocycles. The molecule has 2 rings (SSSR count). The summed E-state index contributed by atoms with van der Waals surface area (Å²) in [5.41, 5.74) is 0.155. The van der Waals surface area contributed by atoms with Crippen LogP contribution in [-0.4, -0.2) is 18.2 Å². The second kappa shape index (κ2) is 4.58. The van der Waals surface area contributed by atoms with Gasteiger partial charge in [-0.15, -0.1) is 0 Å². The number of alkyl halides is 3. The third-order valence-corrected chi connectivity index (χ3v) is 2.56. The van der Waals surface area contributed by atoms with E-state index in [2.05, 4.69) is 9.15 Å². The first-order chi connectivity index (χ1) is 8.82. The van der Waals surface area contributed by atoms with Crippen molar-refractivity contribution >= 4 is 16.9 Å². The molecule has 1 atom stereocenters. The normalized spacial score (nSPS) is 13.5. The number of carbonyl (C=O) groups is 1. The average molecular weight is 274 g/mol. The Kier molecular flexibility index (Phi) is 3.23. The van der Waals surface area contributed by atoms with E-state index < -0.39 is 24.0 Å². The summed E-state index contributed by atoms with van der Waals surface area (Å²) in [4.78, 5) is 11.1. The highest BCUT2D eigenvalue weighted by Gasteiger charge is 2.35. The van der Waals surface area contributed by atoms with Gasteiger partial charge in [0.1, 0.15) is 5.58 Å². The average Bonchev–Trinajstić information content (AvgIpc) is 2.79. The van der Waals surface area contributed by atoms with E-state index in [1.165, 1.54) is 18.2 Å². The fourth-order valence-electron chi connectivity index (χ4n) is 1.62. The van der Waals surface area contributed by atoms with Crippen molar-refractivity contribution in [1.82, 2.24) is 0 Å². The van der Waals surface area contributed by atoms with E-state index in [0.717, 1.165) is 13.2 Å². The van der Waals surface area contributed by atoms with Crippen LogP contribution in [0.15, 0.2) is 28.7 Å². The number of hydrogen-bond donors (Lipinski definition) is 1. The summed E-state index contributed by atoms with van der Waals surface area (Å²) in [6, 6.07) is 4.61. The third-order valence-electron chi connectivity index (χ3n) is 2.56. The molecule has 19 heavy (non-hydrogen) atoms. The molecular formula is C12H9F3O4. The van der Waals surface area contributed by atoms with E-state index in [1.807, 2.05) is 0 Å². The van der Waals surface area contributed by atoms with Crippen molar-refractivity contribution < 1.29 is 32.2 Å². The summed E-state index contributed by atoms with van der Waals surface area (Å²) in [6.45, 7) is 0. The lowest BCUT2D eigenvalue weighted by Crippen LogP contribution is -2.13. The number of aliphatic hydroxyl groups excluding tert-OH is 1. The molecule has 0 amide bonds. The van der Waals surface area contributed by atoms with Gasteiger partial charge in [0.15, 0.2) is 6.10 Å². The Morgan fingerprint density at radius 1 is 1.37 bits per heavy atom. The van der Waals surface area contributed by atoms with Crippen LogP contribution in [0.1, 0.15) is 17.4 Å². The fourth-order valence-corrected chi connectivity index (χ4v) is 1.62. The Hall–Kier alpha value is -2.02. The van der Waals surface area contributed by atoms with Crippen molar-refractivity contribution in [2.75, 3.05) is 7.11 Å². The first-order valence-corrected chi connectivity index (χ1v) is 5.19. The van der Waals surface area contributed by atoms with Crippen molar-refractivity contribution in [3.63, 3.8) is 0 Å². The van der Waals surface area contributed by atoms with Gasteiger partial charge in [0, 0.05) is 5.39 Å². The van der Waals surface area contributed by atoms with Gasteiger partial charge in [-0.05, 0) is 23.8 Å². The van der Waals surface area contributed by atoms with Gasteiger partial charge in [-0.2, -0.15) is 13.2 Å². The van der Waals surface area contributed by atoms with Crippen LogP contribution in [0.3, 0.4) is 0 Å². The van der Waals surface area contributed by atoms with Crippen molar-refractivity contribution in [3.05, 3.63) is 35.6 Å². The van der Waals surface area contributed by atoms with Crippen LogP contribution in [-0.2, 0) is 15.7 Å². The molecule has 0 saturated heterocycles. The van der Waals surface area contributed by atoms with Crippen LogP contribution >= 0.6 is 0 Å². The molecule has 0 bridgehead atoms. The molecule has 7 heteroatoms. The number of methoxy groups -OCH3 is 1. The first kappa shape index (κ1) is 13.4. The van der Waals surface area contributed by atoms with Crippen LogP contribution in [0.5, 0.6) is 0 Å². The molecule has 0 radical (unpaired) electrons. The highest BCUT2D eigenvalue weighted by atomic mass is 19.4. The van der Waals surface area contributed by atoms with E-state index >= 15 is 0 Å². The first-order valence-electron chi connectivity index (χ1n) is 5.19. The molecule has 1 aromatic heterocycles. The van der Waals surface area contributed by atoms with Gasteiger partial charge in [-0.1, -0.05) is 6.07 Å². The minimum Gasteiger partial charge on any atom is -0.467 e. The highest BCUT2D eigenvalue weighted by Crippen LogP contribution is 2.34. The Morgan fingerprint density at radius 3 is 2.63 bits per heavy atom. The number of esters is 1. The number of rotatable bonds is 2. The van der Waals surface area contributed by atoms with Gasteiger partial charge >= 0.3 is 12.1 Å². The lowest BCUT2D eigenvalue weighted by molar-refractivity contribution is -0.152. The number of benzene rings is 1.